The van der Waals surface area contributed by atoms with E-state index in [9.17, 15) is 0 Å². The Morgan fingerprint density at radius 2 is 2.19 bits per heavy atom. The molecule has 0 saturated carbocycles. The third-order valence-corrected chi connectivity index (χ3v) is 2.90. The summed E-state index contributed by atoms with van der Waals surface area (Å²) in [6.45, 7) is 9.52. The van der Waals surface area contributed by atoms with Crippen molar-refractivity contribution in [3.63, 3.8) is 0 Å². The summed E-state index contributed by atoms with van der Waals surface area (Å²) in [6, 6.07) is 2.13. The summed E-state index contributed by atoms with van der Waals surface area (Å²) in [5, 5.41) is 3.34. The summed E-state index contributed by atoms with van der Waals surface area (Å²) in [5.74, 6) is 0. The molecule has 0 aliphatic rings. The van der Waals surface area contributed by atoms with Crippen LogP contribution < -0.4 is 5.32 Å². The highest BCUT2D eigenvalue weighted by Crippen LogP contribution is 2.11. The Kier molecular flexibility index (Phi) is 6.61. The molecular formula is C12H20BrN3. The SMILES string of the molecule is CCNCCN(CC)Cc1cncc(Br)c1. The fourth-order valence-corrected chi connectivity index (χ4v) is 1.98. The van der Waals surface area contributed by atoms with Crippen molar-refractivity contribution in [1.29, 1.82) is 0 Å². The van der Waals surface area contributed by atoms with Gasteiger partial charge in [-0.15, -0.1) is 0 Å². The van der Waals surface area contributed by atoms with Crippen molar-refractivity contribution >= 4 is 15.9 Å². The minimum Gasteiger partial charge on any atom is -0.316 e. The summed E-state index contributed by atoms with van der Waals surface area (Å²) in [4.78, 5) is 6.59. The summed E-state index contributed by atoms with van der Waals surface area (Å²) in [5.41, 5.74) is 1.26. The molecule has 1 heterocycles. The van der Waals surface area contributed by atoms with Crippen LogP contribution in [0, 0.1) is 0 Å². The molecule has 0 aliphatic heterocycles. The molecule has 1 aromatic rings. The number of nitrogens with zero attached hydrogens (tertiary/aromatic N) is 2. The Morgan fingerprint density at radius 1 is 1.38 bits per heavy atom. The molecule has 1 rings (SSSR count). The van der Waals surface area contributed by atoms with Crippen LogP contribution in [-0.2, 0) is 6.54 Å². The van der Waals surface area contributed by atoms with Gasteiger partial charge in [-0.1, -0.05) is 13.8 Å². The minimum atomic E-state index is 0.967. The molecule has 3 nitrogen and oxygen atoms in total. The second-order valence-corrected chi connectivity index (χ2v) is 4.65. The predicted molar refractivity (Wildman–Crippen MR) is 71.4 cm³/mol. The zero-order chi connectivity index (χ0) is 11.8. The number of aromatic nitrogens is 1. The molecule has 90 valence electrons. The Bertz CT molecular complexity index is 304. The van der Waals surface area contributed by atoms with Gasteiger partial charge in [-0.05, 0) is 40.6 Å². The first-order chi connectivity index (χ1) is 7.76. The van der Waals surface area contributed by atoms with Crippen molar-refractivity contribution in [1.82, 2.24) is 15.2 Å². The second kappa shape index (κ2) is 7.76. The van der Waals surface area contributed by atoms with E-state index < -0.39 is 0 Å². The van der Waals surface area contributed by atoms with E-state index >= 15 is 0 Å². The number of nitrogens with one attached hydrogen (secondary N) is 1. The number of hydrogen-bond donors (Lipinski definition) is 1. The van der Waals surface area contributed by atoms with Crippen LogP contribution in [0.1, 0.15) is 19.4 Å². The third kappa shape index (κ3) is 5.05. The van der Waals surface area contributed by atoms with Gasteiger partial charge in [0.05, 0.1) is 0 Å². The molecule has 0 aromatic carbocycles. The standard InChI is InChI=1S/C12H20BrN3/c1-3-14-5-6-16(4-2)10-11-7-12(13)9-15-8-11/h7-9,14H,3-6,10H2,1-2H3. The van der Waals surface area contributed by atoms with Gasteiger partial charge < -0.3 is 5.32 Å². The van der Waals surface area contributed by atoms with Crippen molar-refractivity contribution in [3.8, 4) is 0 Å². The van der Waals surface area contributed by atoms with Gasteiger partial charge in [0.2, 0.25) is 0 Å². The molecule has 1 aromatic heterocycles. The lowest BCUT2D eigenvalue weighted by molar-refractivity contribution is 0.279. The van der Waals surface area contributed by atoms with Gasteiger partial charge in [0.25, 0.3) is 0 Å². The van der Waals surface area contributed by atoms with Gasteiger partial charge in [0.1, 0.15) is 0 Å². The first kappa shape index (κ1) is 13.6. The van der Waals surface area contributed by atoms with Crippen LogP contribution in [0.3, 0.4) is 0 Å². The fourth-order valence-electron chi connectivity index (χ4n) is 1.56. The fraction of sp³-hybridized carbons (Fsp3) is 0.583. The molecule has 0 saturated heterocycles. The summed E-state index contributed by atoms with van der Waals surface area (Å²) in [7, 11) is 0. The molecule has 1 N–H and O–H groups in total. The van der Waals surface area contributed by atoms with Crippen molar-refractivity contribution in [3.05, 3.63) is 28.5 Å². The van der Waals surface area contributed by atoms with Crippen LogP contribution in [0.25, 0.3) is 0 Å². The second-order valence-electron chi connectivity index (χ2n) is 3.73. The Balaban J connectivity index is 2.43. The zero-order valence-corrected chi connectivity index (χ0v) is 11.6. The van der Waals surface area contributed by atoms with E-state index in [1.807, 2.05) is 12.4 Å². The lowest BCUT2D eigenvalue weighted by Gasteiger charge is -2.20. The monoisotopic (exact) mass is 285 g/mol. The molecule has 0 bridgehead atoms. The van der Waals surface area contributed by atoms with Crippen molar-refractivity contribution < 1.29 is 0 Å². The van der Waals surface area contributed by atoms with Crippen LogP contribution >= 0.6 is 15.9 Å². The van der Waals surface area contributed by atoms with E-state index in [0.29, 0.717) is 0 Å². The topological polar surface area (TPSA) is 28.2 Å². The highest BCUT2D eigenvalue weighted by atomic mass is 79.9. The summed E-state index contributed by atoms with van der Waals surface area (Å²) < 4.78 is 1.05. The number of rotatable bonds is 7. The van der Waals surface area contributed by atoms with Crippen LogP contribution in [0.5, 0.6) is 0 Å². The maximum atomic E-state index is 4.18. The molecule has 16 heavy (non-hydrogen) atoms. The van der Waals surface area contributed by atoms with Crippen molar-refractivity contribution in [2.45, 2.75) is 20.4 Å². The number of halogens is 1. The lowest BCUT2D eigenvalue weighted by Crippen LogP contribution is -2.31. The zero-order valence-electron chi connectivity index (χ0n) is 10.0. The van der Waals surface area contributed by atoms with Crippen LogP contribution in [0.2, 0.25) is 0 Å². The molecule has 0 unspecified atom stereocenters. The van der Waals surface area contributed by atoms with Gasteiger partial charge in [-0.2, -0.15) is 0 Å². The Hall–Kier alpha value is -0.450. The quantitative estimate of drug-likeness (QED) is 0.779. The Labute approximate surface area is 106 Å². The summed E-state index contributed by atoms with van der Waals surface area (Å²) in [6.07, 6.45) is 3.75. The van der Waals surface area contributed by atoms with Gasteiger partial charge in [0, 0.05) is 36.5 Å². The van der Waals surface area contributed by atoms with Gasteiger partial charge in [0.15, 0.2) is 0 Å². The maximum Gasteiger partial charge on any atom is 0.0410 e. The predicted octanol–water partition coefficient (Wildman–Crippen LogP) is 2.28. The molecule has 0 amide bonds. The van der Waals surface area contributed by atoms with E-state index in [4.69, 9.17) is 0 Å². The van der Waals surface area contributed by atoms with Gasteiger partial charge in [-0.25, -0.2) is 0 Å². The van der Waals surface area contributed by atoms with E-state index in [-0.39, 0.29) is 0 Å². The van der Waals surface area contributed by atoms with E-state index in [1.165, 1.54) is 5.56 Å². The van der Waals surface area contributed by atoms with Crippen LogP contribution in [0.4, 0.5) is 0 Å². The Morgan fingerprint density at radius 3 is 2.81 bits per heavy atom. The van der Waals surface area contributed by atoms with Crippen LogP contribution in [0.15, 0.2) is 22.9 Å². The third-order valence-electron chi connectivity index (χ3n) is 2.47. The molecule has 0 fully saturated rings. The first-order valence-corrected chi connectivity index (χ1v) is 6.58. The summed E-state index contributed by atoms with van der Waals surface area (Å²) >= 11 is 3.44. The van der Waals surface area contributed by atoms with E-state index in [2.05, 4.69) is 51.0 Å². The van der Waals surface area contributed by atoms with Crippen molar-refractivity contribution in [2.24, 2.45) is 0 Å². The van der Waals surface area contributed by atoms with Crippen molar-refractivity contribution in [2.75, 3.05) is 26.2 Å². The highest BCUT2D eigenvalue weighted by Gasteiger charge is 2.03. The maximum absolute atomic E-state index is 4.18. The average molecular weight is 286 g/mol. The van der Waals surface area contributed by atoms with Gasteiger partial charge in [-0.3, -0.25) is 9.88 Å². The molecule has 0 spiro atoms. The normalized spacial score (nSPS) is 11.0. The van der Waals surface area contributed by atoms with Crippen LogP contribution in [-0.4, -0.2) is 36.1 Å². The molecule has 0 atom stereocenters. The minimum absolute atomic E-state index is 0.967. The first-order valence-electron chi connectivity index (χ1n) is 5.78. The van der Waals surface area contributed by atoms with E-state index in [0.717, 1.165) is 37.2 Å². The number of hydrogen-bond acceptors (Lipinski definition) is 3. The molecule has 4 heteroatoms. The molecular weight excluding hydrogens is 266 g/mol. The van der Waals surface area contributed by atoms with Gasteiger partial charge >= 0.3 is 0 Å². The van der Waals surface area contributed by atoms with E-state index in [1.54, 1.807) is 0 Å². The largest absolute Gasteiger partial charge is 0.316 e. The highest BCUT2D eigenvalue weighted by molar-refractivity contribution is 9.10. The number of pyridine rings is 1. The smallest absolute Gasteiger partial charge is 0.0410 e. The lowest BCUT2D eigenvalue weighted by atomic mass is 10.2. The molecule has 0 radical (unpaired) electrons. The molecule has 0 aliphatic carbocycles. The number of likely N-dealkylation sites (N-methyl/N-ethyl adjacent to an activating group) is 2. The average Bonchev–Trinajstić information content (AvgIpc) is 2.28.